The van der Waals surface area contributed by atoms with E-state index in [-0.39, 0.29) is 0 Å². The van der Waals surface area contributed by atoms with Crippen LogP contribution in [-0.4, -0.2) is 53.1 Å². The topological polar surface area (TPSA) is 76.4 Å². The van der Waals surface area contributed by atoms with Gasteiger partial charge in [-0.1, -0.05) is 12.8 Å². The van der Waals surface area contributed by atoms with Gasteiger partial charge >= 0.3 is 0 Å². The minimum atomic E-state index is 0.326. The van der Waals surface area contributed by atoms with Crippen LogP contribution in [0, 0.1) is 18.3 Å². The molecule has 0 aromatic carbocycles. The summed E-state index contributed by atoms with van der Waals surface area (Å²) in [6.45, 7) is 6.90. The molecule has 1 aliphatic heterocycles. The number of aryl methyl sites for hydroxylation is 2. The number of guanidine groups is 1. The summed E-state index contributed by atoms with van der Waals surface area (Å²) in [5.74, 6) is 3.68. The Morgan fingerprint density at radius 2 is 2.15 bits per heavy atom. The average Bonchev–Trinajstić information content (AvgIpc) is 3.33. The lowest BCUT2D eigenvalue weighted by Gasteiger charge is -2.54. The summed E-state index contributed by atoms with van der Waals surface area (Å²) >= 11 is 0. The maximum absolute atomic E-state index is 6.04. The Balaban J connectivity index is 1.31. The van der Waals surface area contributed by atoms with Gasteiger partial charge in [0.15, 0.2) is 5.96 Å². The number of ether oxygens (including phenoxy) is 1. The van der Waals surface area contributed by atoms with E-state index in [1.54, 1.807) is 0 Å². The van der Waals surface area contributed by atoms with Crippen LogP contribution < -0.4 is 10.6 Å². The lowest BCUT2D eigenvalue weighted by Crippen LogP contribution is -2.65. The Kier molecular flexibility index (Phi) is 5.39. The monoisotopic (exact) mass is 374 g/mol. The van der Waals surface area contributed by atoms with Crippen molar-refractivity contribution in [1.29, 1.82) is 0 Å². The van der Waals surface area contributed by atoms with Crippen LogP contribution in [0.5, 0.6) is 0 Å². The first-order valence-corrected chi connectivity index (χ1v) is 10.6. The summed E-state index contributed by atoms with van der Waals surface area (Å²) in [7, 11) is 1.87. The third-order valence-electron chi connectivity index (χ3n) is 7.01. The van der Waals surface area contributed by atoms with Crippen molar-refractivity contribution < 1.29 is 4.74 Å². The number of aromatic nitrogens is 3. The Labute approximate surface area is 162 Å². The molecule has 1 aromatic heterocycles. The van der Waals surface area contributed by atoms with E-state index in [0.717, 1.165) is 56.6 Å². The molecular weight excluding hydrogens is 340 g/mol. The van der Waals surface area contributed by atoms with Crippen LogP contribution in [0.25, 0.3) is 0 Å². The van der Waals surface area contributed by atoms with Crippen LogP contribution in [0.15, 0.2) is 4.99 Å². The smallest absolute Gasteiger partial charge is 0.191 e. The molecule has 4 rings (SSSR count). The van der Waals surface area contributed by atoms with Crippen molar-refractivity contribution in [3.63, 3.8) is 0 Å². The van der Waals surface area contributed by atoms with Gasteiger partial charge in [0.25, 0.3) is 0 Å². The number of nitrogens with one attached hydrogen (secondary N) is 2. The van der Waals surface area contributed by atoms with Crippen LogP contribution in [0.2, 0.25) is 0 Å². The van der Waals surface area contributed by atoms with Gasteiger partial charge in [-0.05, 0) is 45.4 Å². The summed E-state index contributed by atoms with van der Waals surface area (Å²) < 4.78 is 8.30. The fraction of sp³-hybridized carbons (Fsp3) is 0.850. The first kappa shape index (κ1) is 18.7. The van der Waals surface area contributed by atoms with Gasteiger partial charge in [-0.3, -0.25) is 4.99 Å². The van der Waals surface area contributed by atoms with Gasteiger partial charge in [0.2, 0.25) is 0 Å². The summed E-state index contributed by atoms with van der Waals surface area (Å²) in [6, 6.07) is 0.487. The van der Waals surface area contributed by atoms with E-state index in [9.17, 15) is 0 Å². The molecule has 2 N–H and O–H groups in total. The first-order valence-electron chi connectivity index (χ1n) is 10.6. The number of rotatable bonds is 5. The molecule has 2 aliphatic carbocycles. The van der Waals surface area contributed by atoms with Gasteiger partial charge in [-0.2, -0.15) is 0 Å². The second kappa shape index (κ2) is 7.78. The highest BCUT2D eigenvalue weighted by Gasteiger charge is 2.56. The maximum atomic E-state index is 6.04. The van der Waals surface area contributed by atoms with Crippen LogP contribution in [0.1, 0.15) is 57.1 Å². The van der Waals surface area contributed by atoms with Gasteiger partial charge in [0.1, 0.15) is 11.6 Å². The van der Waals surface area contributed by atoms with E-state index in [4.69, 9.17) is 4.74 Å². The van der Waals surface area contributed by atoms with E-state index in [1.807, 2.05) is 14.0 Å². The zero-order valence-corrected chi connectivity index (χ0v) is 17.0. The van der Waals surface area contributed by atoms with E-state index in [0.29, 0.717) is 23.5 Å². The molecule has 7 nitrogen and oxygen atoms in total. The molecule has 3 unspecified atom stereocenters. The molecule has 2 fully saturated rings. The second-order valence-electron chi connectivity index (χ2n) is 8.45. The Hall–Kier alpha value is -1.63. The molecule has 27 heavy (non-hydrogen) atoms. The van der Waals surface area contributed by atoms with Gasteiger partial charge in [0, 0.05) is 44.6 Å². The first-order chi connectivity index (χ1) is 13.2. The minimum absolute atomic E-state index is 0.326. The Morgan fingerprint density at radius 3 is 2.89 bits per heavy atom. The van der Waals surface area contributed by atoms with Gasteiger partial charge in [-0.25, -0.2) is 0 Å². The molecule has 0 radical (unpaired) electrons. The third-order valence-corrected chi connectivity index (χ3v) is 7.01. The van der Waals surface area contributed by atoms with Crippen LogP contribution in [0.4, 0.5) is 0 Å². The van der Waals surface area contributed by atoms with Crippen LogP contribution >= 0.6 is 0 Å². The van der Waals surface area contributed by atoms with E-state index >= 15 is 0 Å². The highest BCUT2D eigenvalue weighted by molar-refractivity contribution is 5.80. The number of hydrogen-bond acceptors (Lipinski definition) is 4. The number of aliphatic imine (C=N–C) groups is 1. The van der Waals surface area contributed by atoms with Gasteiger partial charge in [0.05, 0.1) is 6.10 Å². The minimum Gasteiger partial charge on any atom is -0.378 e. The molecule has 0 bridgehead atoms. The quantitative estimate of drug-likeness (QED) is 0.609. The molecule has 0 saturated heterocycles. The predicted octanol–water partition coefficient (Wildman–Crippen LogP) is 2.05. The fourth-order valence-corrected chi connectivity index (χ4v) is 5.39. The highest BCUT2D eigenvalue weighted by Crippen LogP contribution is 2.54. The normalized spacial score (nSPS) is 29.4. The van der Waals surface area contributed by atoms with Crippen molar-refractivity contribution in [2.45, 2.75) is 77.5 Å². The Bertz CT molecular complexity index is 678. The molecule has 1 aromatic rings. The second-order valence-corrected chi connectivity index (χ2v) is 8.45. The van der Waals surface area contributed by atoms with Crippen molar-refractivity contribution in [3.05, 3.63) is 11.6 Å². The lowest BCUT2D eigenvalue weighted by atomic mass is 9.60. The van der Waals surface area contributed by atoms with Gasteiger partial charge in [-0.15, -0.1) is 10.2 Å². The van der Waals surface area contributed by atoms with Crippen molar-refractivity contribution in [3.8, 4) is 0 Å². The highest BCUT2D eigenvalue weighted by atomic mass is 16.5. The molecular formula is C20H34N6O. The molecule has 3 aliphatic rings. The molecule has 3 atom stereocenters. The van der Waals surface area contributed by atoms with E-state index < -0.39 is 0 Å². The number of nitrogens with zero attached hydrogens (tertiary/aromatic N) is 4. The maximum Gasteiger partial charge on any atom is 0.191 e. The summed E-state index contributed by atoms with van der Waals surface area (Å²) in [6.07, 6.45) is 8.92. The predicted molar refractivity (Wildman–Crippen MR) is 106 cm³/mol. The number of hydrogen-bond donors (Lipinski definition) is 2. The van der Waals surface area contributed by atoms with Crippen molar-refractivity contribution in [2.24, 2.45) is 16.3 Å². The molecule has 1 spiro atoms. The molecule has 2 saturated carbocycles. The van der Waals surface area contributed by atoms with Crippen molar-refractivity contribution in [1.82, 2.24) is 25.4 Å². The lowest BCUT2D eigenvalue weighted by molar-refractivity contribution is -0.125. The SMILES string of the molecule is CCOC1CC(NC(=NC)NCC2CCc3nnc(C)n3C2)C12CCCC2. The molecule has 7 heteroatoms. The molecule has 2 heterocycles. The molecule has 150 valence electrons. The summed E-state index contributed by atoms with van der Waals surface area (Å²) in [4.78, 5) is 4.49. The fourth-order valence-electron chi connectivity index (χ4n) is 5.39. The largest absolute Gasteiger partial charge is 0.378 e. The van der Waals surface area contributed by atoms with Gasteiger partial charge < -0.3 is 19.9 Å². The van der Waals surface area contributed by atoms with Crippen LogP contribution in [-0.2, 0) is 17.7 Å². The van der Waals surface area contributed by atoms with Crippen molar-refractivity contribution >= 4 is 5.96 Å². The summed E-state index contributed by atoms with van der Waals surface area (Å²) in [5.41, 5.74) is 0.326. The van der Waals surface area contributed by atoms with E-state index in [2.05, 4.69) is 37.3 Å². The summed E-state index contributed by atoms with van der Waals surface area (Å²) in [5, 5.41) is 15.8. The van der Waals surface area contributed by atoms with Crippen molar-refractivity contribution in [2.75, 3.05) is 20.2 Å². The molecule has 0 amide bonds. The van der Waals surface area contributed by atoms with E-state index in [1.165, 1.54) is 25.7 Å². The van der Waals surface area contributed by atoms with Crippen LogP contribution in [0.3, 0.4) is 0 Å². The average molecular weight is 375 g/mol. The Morgan fingerprint density at radius 1 is 1.33 bits per heavy atom. The number of fused-ring (bicyclic) bond motifs is 1. The third kappa shape index (κ3) is 3.46. The zero-order valence-electron chi connectivity index (χ0n) is 17.0. The standard InChI is InChI=1S/C20H34N6O/c1-4-27-17-11-16(20(17)9-5-6-10-20)23-19(21-3)22-12-15-7-8-18-25-24-14(2)26(18)13-15/h15-17H,4-13H2,1-3H3,(H2,21,22,23). The zero-order chi connectivity index (χ0) is 18.9.